The van der Waals surface area contributed by atoms with Crippen LogP contribution in [-0.4, -0.2) is 6.54 Å². The minimum absolute atomic E-state index is 0.125. The lowest BCUT2D eigenvalue weighted by Crippen LogP contribution is -2.01. The lowest BCUT2D eigenvalue weighted by molar-refractivity contribution is 0.408. The van der Waals surface area contributed by atoms with Gasteiger partial charge in [-0.25, -0.2) is 0 Å². The van der Waals surface area contributed by atoms with Gasteiger partial charge in [0.2, 0.25) is 0 Å². The van der Waals surface area contributed by atoms with Gasteiger partial charge in [-0.1, -0.05) is 12.2 Å². The van der Waals surface area contributed by atoms with E-state index in [0.29, 0.717) is 19.4 Å². The van der Waals surface area contributed by atoms with E-state index >= 15 is 0 Å². The van der Waals surface area contributed by atoms with Gasteiger partial charge in [0.15, 0.2) is 0 Å². The molecule has 0 amide bonds. The maximum Gasteiger partial charge on any atom is 0.269 e. The largest absolute Gasteiger partial charge is 0.327 e. The lowest BCUT2D eigenvalue weighted by Gasteiger charge is -2.00. The van der Waals surface area contributed by atoms with Crippen molar-refractivity contribution in [3.63, 3.8) is 0 Å². The zero-order chi connectivity index (χ0) is 8.85. The zero-order valence-corrected chi connectivity index (χ0v) is 6.66. The van der Waals surface area contributed by atoms with Crippen molar-refractivity contribution in [2.45, 2.75) is 19.8 Å². The van der Waals surface area contributed by atoms with Crippen LogP contribution in [0.4, 0.5) is 8.78 Å². The minimum atomic E-state index is -1.59. The summed E-state index contributed by atoms with van der Waals surface area (Å²) in [6.07, 6.45) is -0.673. The van der Waals surface area contributed by atoms with Crippen LogP contribution < -0.4 is 5.73 Å². The van der Waals surface area contributed by atoms with E-state index in [2.05, 4.69) is 6.58 Å². The van der Waals surface area contributed by atoms with Crippen molar-refractivity contribution in [1.29, 1.82) is 0 Å². The highest BCUT2D eigenvalue weighted by Crippen LogP contribution is 2.14. The Kier molecular flexibility index (Phi) is 4.70. The summed E-state index contributed by atoms with van der Waals surface area (Å²) < 4.78 is 23.6. The van der Waals surface area contributed by atoms with Crippen molar-refractivity contribution in [2.75, 3.05) is 6.54 Å². The molecule has 0 aliphatic rings. The maximum absolute atomic E-state index is 11.8. The molecule has 11 heavy (non-hydrogen) atoms. The molecule has 1 nitrogen and oxygen atoms in total. The van der Waals surface area contributed by atoms with E-state index in [1.165, 1.54) is 6.92 Å². The molecule has 0 radical (unpaired) electrons. The molecule has 0 aromatic rings. The second-order valence-electron chi connectivity index (χ2n) is 2.49. The highest BCUT2D eigenvalue weighted by atomic mass is 19.3. The number of hydrogen-bond acceptors (Lipinski definition) is 1. The molecule has 0 saturated carbocycles. The molecule has 0 aromatic heterocycles. The first-order valence-electron chi connectivity index (χ1n) is 3.45. The molecule has 2 N–H and O–H groups in total. The molecule has 0 spiro atoms. The number of rotatable bonds is 4. The van der Waals surface area contributed by atoms with Crippen LogP contribution in [0.15, 0.2) is 23.8 Å². The average Bonchev–Trinajstić information content (AvgIpc) is 1.99. The molecule has 3 heteroatoms. The van der Waals surface area contributed by atoms with E-state index in [-0.39, 0.29) is 5.57 Å². The molecular formula is C8H13F2N. The molecule has 0 aromatic carbocycles. The van der Waals surface area contributed by atoms with E-state index in [1.807, 2.05) is 0 Å². The number of halogens is 2. The molecule has 0 fully saturated rings. The first-order valence-corrected chi connectivity index (χ1v) is 3.45. The Hall–Kier alpha value is -0.700. The molecule has 0 saturated heterocycles. The van der Waals surface area contributed by atoms with Crippen LogP contribution in [0.5, 0.6) is 0 Å². The Balaban J connectivity index is 3.72. The Morgan fingerprint density at radius 2 is 1.91 bits per heavy atom. The molecule has 0 unspecified atom stereocenters. The van der Waals surface area contributed by atoms with Crippen molar-refractivity contribution < 1.29 is 8.78 Å². The molecule has 64 valence electrons. The monoisotopic (exact) mass is 161 g/mol. The van der Waals surface area contributed by atoms with Crippen LogP contribution in [-0.2, 0) is 0 Å². The standard InChI is InChI=1S/C8H13F2N/c1-6(5-11)3-4-7(2)8(9)10/h1,3-5,11H2,2H3. The SMILES string of the molecule is C=C(CN)CCC(C)=C(F)F. The van der Waals surface area contributed by atoms with Crippen LogP contribution in [0.2, 0.25) is 0 Å². The number of allylic oxidation sites excluding steroid dienone is 1. The first-order chi connectivity index (χ1) is 5.07. The summed E-state index contributed by atoms with van der Waals surface area (Å²) in [5.41, 5.74) is 6.17. The normalized spacial score (nSPS) is 9.45. The van der Waals surface area contributed by atoms with Crippen molar-refractivity contribution >= 4 is 0 Å². The summed E-state index contributed by atoms with van der Waals surface area (Å²) in [4.78, 5) is 0. The van der Waals surface area contributed by atoms with Gasteiger partial charge in [-0.05, 0) is 25.3 Å². The van der Waals surface area contributed by atoms with Crippen molar-refractivity contribution in [2.24, 2.45) is 5.73 Å². The molecule has 0 atom stereocenters. The van der Waals surface area contributed by atoms with E-state index in [0.717, 1.165) is 5.57 Å². The second kappa shape index (κ2) is 5.02. The minimum Gasteiger partial charge on any atom is -0.327 e. The topological polar surface area (TPSA) is 26.0 Å². The Labute approximate surface area is 65.6 Å². The van der Waals surface area contributed by atoms with Gasteiger partial charge in [-0.2, -0.15) is 8.78 Å². The average molecular weight is 161 g/mol. The number of hydrogen-bond donors (Lipinski definition) is 1. The highest BCUT2D eigenvalue weighted by Gasteiger charge is 1.99. The van der Waals surface area contributed by atoms with Gasteiger partial charge in [-0.15, -0.1) is 0 Å². The van der Waals surface area contributed by atoms with E-state index < -0.39 is 6.08 Å². The quantitative estimate of drug-likeness (QED) is 0.630. The Morgan fingerprint density at radius 1 is 1.36 bits per heavy atom. The molecule has 0 aliphatic carbocycles. The summed E-state index contributed by atoms with van der Waals surface area (Å²) in [6, 6.07) is 0. The van der Waals surface area contributed by atoms with E-state index in [9.17, 15) is 8.78 Å². The van der Waals surface area contributed by atoms with Gasteiger partial charge in [0.05, 0.1) is 0 Å². The fraction of sp³-hybridized carbons (Fsp3) is 0.500. The highest BCUT2D eigenvalue weighted by molar-refractivity contribution is 5.04. The van der Waals surface area contributed by atoms with Crippen molar-refractivity contribution in [1.82, 2.24) is 0 Å². The molecule has 0 heterocycles. The predicted octanol–water partition coefficient (Wildman–Crippen LogP) is 2.45. The predicted molar refractivity (Wildman–Crippen MR) is 42.3 cm³/mol. The van der Waals surface area contributed by atoms with E-state index in [4.69, 9.17) is 5.73 Å². The lowest BCUT2D eigenvalue weighted by atomic mass is 10.1. The number of nitrogens with two attached hydrogens (primary N) is 1. The Morgan fingerprint density at radius 3 is 2.27 bits per heavy atom. The van der Waals surface area contributed by atoms with Gasteiger partial charge in [-0.3, -0.25) is 0 Å². The van der Waals surface area contributed by atoms with Gasteiger partial charge >= 0.3 is 0 Å². The second-order valence-corrected chi connectivity index (χ2v) is 2.49. The van der Waals surface area contributed by atoms with Crippen LogP contribution >= 0.6 is 0 Å². The molecule has 0 rings (SSSR count). The fourth-order valence-electron chi connectivity index (χ4n) is 0.561. The van der Waals surface area contributed by atoms with Crippen molar-refractivity contribution in [3.8, 4) is 0 Å². The van der Waals surface area contributed by atoms with Gasteiger partial charge in [0.25, 0.3) is 6.08 Å². The zero-order valence-electron chi connectivity index (χ0n) is 6.66. The van der Waals surface area contributed by atoms with Crippen LogP contribution in [0.1, 0.15) is 19.8 Å². The van der Waals surface area contributed by atoms with Crippen LogP contribution in [0.25, 0.3) is 0 Å². The third-order valence-corrected chi connectivity index (χ3v) is 1.46. The van der Waals surface area contributed by atoms with E-state index in [1.54, 1.807) is 0 Å². The van der Waals surface area contributed by atoms with Crippen molar-refractivity contribution in [3.05, 3.63) is 23.8 Å². The fourth-order valence-corrected chi connectivity index (χ4v) is 0.561. The van der Waals surface area contributed by atoms with Gasteiger partial charge in [0.1, 0.15) is 0 Å². The molecule has 0 aliphatic heterocycles. The van der Waals surface area contributed by atoms with Crippen LogP contribution in [0, 0.1) is 0 Å². The first kappa shape index (κ1) is 10.3. The molecule has 0 bridgehead atoms. The summed E-state index contributed by atoms with van der Waals surface area (Å²) >= 11 is 0. The summed E-state index contributed by atoms with van der Waals surface area (Å²) in [7, 11) is 0. The maximum atomic E-state index is 11.8. The smallest absolute Gasteiger partial charge is 0.269 e. The summed E-state index contributed by atoms with van der Waals surface area (Å²) in [6.45, 7) is 5.40. The third-order valence-electron chi connectivity index (χ3n) is 1.46. The molecular weight excluding hydrogens is 148 g/mol. The Bertz CT molecular complexity index is 169. The summed E-state index contributed by atoms with van der Waals surface area (Å²) in [5.74, 6) is 0. The van der Waals surface area contributed by atoms with Gasteiger partial charge in [0, 0.05) is 6.54 Å². The van der Waals surface area contributed by atoms with Crippen LogP contribution in [0.3, 0.4) is 0 Å². The van der Waals surface area contributed by atoms with Gasteiger partial charge < -0.3 is 5.73 Å². The summed E-state index contributed by atoms with van der Waals surface area (Å²) in [5, 5.41) is 0. The third kappa shape index (κ3) is 4.67.